The van der Waals surface area contributed by atoms with Gasteiger partial charge in [-0.3, -0.25) is 0 Å². The molecule has 1 saturated carbocycles. The van der Waals surface area contributed by atoms with Gasteiger partial charge in [0.25, 0.3) is 0 Å². The summed E-state index contributed by atoms with van der Waals surface area (Å²) in [6.07, 6.45) is 5.07. The molecule has 0 aliphatic heterocycles. The first kappa shape index (κ1) is 15.3. The Morgan fingerprint density at radius 1 is 1.42 bits per heavy atom. The van der Waals surface area contributed by atoms with Crippen LogP contribution in [0.5, 0.6) is 0 Å². The molecule has 1 aliphatic rings. The fourth-order valence-electron chi connectivity index (χ4n) is 2.31. The van der Waals surface area contributed by atoms with Crippen LogP contribution in [0, 0.1) is 0 Å². The summed E-state index contributed by atoms with van der Waals surface area (Å²) in [6, 6.07) is 3.66. The van der Waals surface area contributed by atoms with Gasteiger partial charge in [-0.15, -0.1) is 11.3 Å². The first-order valence-electron chi connectivity index (χ1n) is 6.33. The van der Waals surface area contributed by atoms with Crippen LogP contribution in [-0.2, 0) is 16.6 Å². The molecule has 1 heterocycles. The molecular weight excluding hydrogens is 300 g/mol. The second-order valence-electron chi connectivity index (χ2n) is 4.74. The van der Waals surface area contributed by atoms with Crippen LogP contribution in [-0.4, -0.2) is 33.0 Å². The van der Waals surface area contributed by atoms with Crippen molar-refractivity contribution in [3.63, 3.8) is 0 Å². The quantitative estimate of drug-likeness (QED) is 0.842. The van der Waals surface area contributed by atoms with Crippen LogP contribution in [0.15, 0.2) is 16.3 Å². The third-order valence-corrected chi connectivity index (χ3v) is 7.48. The van der Waals surface area contributed by atoms with Gasteiger partial charge in [0.15, 0.2) is 0 Å². The highest BCUT2D eigenvalue weighted by Gasteiger charge is 2.28. The van der Waals surface area contributed by atoms with E-state index >= 15 is 0 Å². The highest BCUT2D eigenvalue weighted by atomic mass is 32.2. The van der Waals surface area contributed by atoms with Crippen LogP contribution < -0.4 is 10.0 Å². The molecule has 4 nitrogen and oxygen atoms in total. The van der Waals surface area contributed by atoms with Crippen LogP contribution in [0.2, 0.25) is 0 Å². The molecule has 0 bridgehead atoms. The Bertz CT molecular complexity index is 513. The highest BCUT2D eigenvalue weighted by Crippen LogP contribution is 2.30. The van der Waals surface area contributed by atoms with Crippen LogP contribution >= 0.6 is 23.1 Å². The SMILES string of the molecule is CNCc1ccc(S(=O)(=O)NC2CCC(SC)C2)s1. The molecule has 1 aromatic rings. The maximum Gasteiger partial charge on any atom is 0.250 e. The van der Waals surface area contributed by atoms with Gasteiger partial charge in [-0.2, -0.15) is 11.8 Å². The number of hydrogen-bond donors (Lipinski definition) is 2. The molecule has 0 radical (unpaired) electrons. The number of hydrogen-bond acceptors (Lipinski definition) is 5. The van der Waals surface area contributed by atoms with Crippen LogP contribution in [0.3, 0.4) is 0 Å². The average molecular weight is 321 g/mol. The second-order valence-corrected chi connectivity index (χ2v) is 8.99. The molecule has 108 valence electrons. The zero-order valence-corrected chi connectivity index (χ0v) is 13.6. The molecule has 2 rings (SSSR count). The minimum Gasteiger partial charge on any atom is -0.315 e. The predicted molar refractivity (Wildman–Crippen MR) is 82.3 cm³/mol. The molecule has 2 atom stereocenters. The van der Waals surface area contributed by atoms with E-state index in [0.717, 1.165) is 24.1 Å². The first-order chi connectivity index (χ1) is 9.05. The predicted octanol–water partition coefficient (Wildman–Crippen LogP) is 2.03. The Morgan fingerprint density at radius 2 is 2.21 bits per heavy atom. The Kier molecular flexibility index (Phi) is 5.30. The van der Waals surface area contributed by atoms with E-state index in [1.54, 1.807) is 6.07 Å². The molecule has 2 unspecified atom stereocenters. The van der Waals surface area contributed by atoms with Crippen LogP contribution in [0.4, 0.5) is 0 Å². The summed E-state index contributed by atoms with van der Waals surface area (Å²) in [7, 11) is -1.49. The molecule has 0 aromatic carbocycles. The molecule has 7 heteroatoms. The average Bonchev–Trinajstić information content (AvgIpc) is 2.98. The van der Waals surface area contributed by atoms with Gasteiger partial charge in [0, 0.05) is 22.7 Å². The molecular formula is C12H20N2O2S3. The molecule has 1 aromatic heterocycles. The molecule has 0 amide bonds. The van der Waals surface area contributed by atoms with Gasteiger partial charge in [0.1, 0.15) is 4.21 Å². The van der Waals surface area contributed by atoms with Gasteiger partial charge in [0.2, 0.25) is 10.0 Å². The van der Waals surface area contributed by atoms with E-state index in [2.05, 4.69) is 16.3 Å². The van der Waals surface area contributed by atoms with Gasteiger partial charge in [0.05, 0.1) is 0 Å². The number of sulfonamides is 1. The van der Waals surface area contributed by atoms with E-state index in [-0.39, 0.29) is 6.04 Å². The molecule has 0 saturated heterocycles. The van der Waals surface area contributed by atoms with Gasteiger partial charge in [-0.1, -0.05) is 0 Å². The van der Waals surface area contributed by atoms with E-state index in [1.165, 1.54) is 11.3 Å². The van der Waals surface area contributed by atoms with Crippen molar-refractivity contribution in [1.29, 1.82) is 0 Å². The maximum absolute atomic E-state index is 12.3. The Labute approximate surface area is 123 Å². The van der Waals surface area contributed by atoms with Crippen LogP contribution in [0.25, 0.3) is 0 Å². The van der Waals surface area contributed by atoms with Crippen molar-refractivity contribution in [2.24, 2.45) is 0 Å². The van der Waals surface area contributed by atoms with Gasteiger partial charge in [-0.05, 0) is 44.7 Å². The number of nitrogens with one attached hydrogen (secondary N) is 2. The largest absolute Gasteiger partial charge is 0.315 e. The molecule has 0 spiro atoms. The lowest BCUT2D eigenvalue weighted by Crippen LogP contribution is -2.32. The minimum absolute atomic E-state index is 0.0947. The van der Waals surface area contributed by atoms with Gasteiger partial charge >= 0.3 is 0 Å². The second kappa shape index (κ2) is 6.58. The van der Waals surface area contributed by atoms with Crippen molar-refractivity contribution in [1.82, 2.24) is 10.0 Å². The summed E-state index contributed by atoms with van der Waals surface area (Å²) in [4.78, 5) is 1.04. The van der Waals surface area contributed by atoms with E-state index < -0.39 is 10.0 Å². The summed E-state index contributed by atoms with van der Waals surface area (Å²) in [6.45, 7) is 0.707. The fourth-order valence-corrected chi connectivity index (χ4v) is 5.77. The summed E-state index contributed by atoms with van der Waals surface area (Å²) in [5.74, 6) is 0. The molecule has 19 heavy (non-hydrogen) atoms. The molecule has 2 N–H and O–H groups in total. The Balaban J connectivity index is 2.01. The summed E-state index contributed by atoms with van der Waals surface area (Å²) in [5.41, 5.74) is 0. The summed E-state index contributed by atoms with van der Waals surface area (Å²) in [5, 5.41) is 3.62. The third-order valence-electron chi connectivity index (χ3n) is 3.29. The maximum atomic E-state index is 12.3. The van der Waals surface area contributed by atoms with E-state index in [0.29, 0.717) is 16.0 Å². The highest BCUT2D eigenvalue weighted by molar-refractivity contribution is 7.99. The van der Waals surface area contributed by atoms with E-state index in [9.17, 15) is 8.42 Å². The number of thioether (sulfide) groups is 1. The van der Waals surface area contributed by atoms with E-state index in [1.807, 2.05) is 24.9 Å². The van der Waals surface area contributed by atoms with E-state index in [4.69, 9.17) is 0 Å². The lowest BCUT2D eigenvalue weighted by atomic mass is 10.3. The van der Waals surface area contributed by atoms with Crippen molar-refractivity contribution in [3.05, 3.63) is 17.0 Å². The van der Waals surface area contributed by atoms with Crippen molar-refractivity contribution >= 4 is 33.1 Å². The lowest BCUT2D eigenvalue weighted by Gasteiger charge is -2.12. The van der Waals surface area contributed by atoms with Gasteiger partial charge < -0.3 is 5.32 Å². The fraction of sp³-hybridized carbons (Fsp3) is 0.667. The Morgan fingerprint density at radius 3 is 2.84 bits per heavy atom. The lowest BCUT2D eigenvalue weighted by molar-refractivity contribution is 0.554. The molecule has 1 fully saturated rings. The normalized spacial score (nSPS) is 23.9. The Hall–Kier alpha value is -0.0800. The summed E-state index contributed by atoms with van der Waals surface area (Å²) < 4.78 is 27.8. The van der Waals surface area contributed by atoms with Crippen LogP contribution in [0.1, 0.15) is 24.1 Å². The standard InChI is InChI=1S/C12H20N2O2S3/c1-13-8-11-5-6-12(18-11)19(15,16)14-9-3-4-10(7-9)17-2/h5-6,9-10,13-14H,3-4,7-8H2,1-2H3. The monoisotopic (exact) mass is 320 g/mol. The summed E-state index contributed by atoms with van der Waals surface area (Å²) >= 11 is 3.16. The van der Waals surface area contributed by atoms with Crippen molar-refractivity contribution in [2.75, 3.05) is 13.3 Å². The van der Waals surface area contributed by atoms with Crippen molar-refractivity contribution < 1.29 is 8.42 Å². The van der Waals surface area contributed by atoms with Crippen molar-refractivity contribution in [2.45, 2.75) is 41.3 Å². The molecule has 1 aliphatic carbocycles. The number of thiophene rings is 1. The van der Waals surface area contributed by atoms with Gasteiger partial charge in [-0.25, -0.2) is 13.1 Å². The number of rotatable bonds is 6. The zero-order chi connectivity index (χ0) is 13.9. The zero-order valence-electron chi connectivity index (χ0n) is 11.2. The minimum atomic E-state index is -3.34. The topological polar surface area (TPSA) is 58.2 Å². The first-order valence-corrected chi connectivity index (χ1v) is 9.92. The smallest absolute Gasteiger partial charge is 0.250 e. The van der Waals surface area contributed by atoms with Crippen molar-refractivity contribution in [3.8, 4) is 0 Å². The third kappa shape index (κ3) is 3.95.